The van der Waals surface area contributed by atoms with Crippen LogP contribution in [-0.2, 0) is 6.42 Å². The molecule has 1 aromatic heterocycles. The molecule has 0 saturated heterocycles. The number of nitrogens with one attached hydrogen (secondary N) is 1. The van der Waals surface area contributed by atoms with Crippen molar-refractivity contribution in [2.45, 2.75) is 20.3 Å². The lowest BCUT2D eigenvalue weighted by atomic mass is 10.0. The minimum Gasteiger partial charge on any atom is -0.369 e. The monoisotopic (exact) mass is 339 g/mol. The number of benzene rings is 3. The van der Waals surface area contributed by atoms with Gasteiger partial charge in [-0.1, -0.05) is 54.1 Å². The molecule has 0 bridgehead atoms. The molecule has 0 unspecified atom stereocenters. The van der Waals surface area contributed by atoms with Gasteiger partial charge in [-0.25, -0.2) is 4.68 Å². The zero-order valence-corrected chi connectivity index (χ0v) is 15.1. The van der Waals surface area contributed by atoms with Crippen molar-refractivity contribution in [2.24, 2.45) is 0 Å². The number of hydrogen-bond acceptors (Lipinski definition) is 2. The summed E-state index contributed by atoms with van der Waals surface area (Å²) < 4.78 is 2.08. The van der Waals surface area contributed by atoms with Crippen LogP contribution in [0.5, 0.6) is 0 Å². The van der Waals surface area contributed by atoms with E-state index in [0.717, 1.165) is 30.2 Å². The summed E-state index contributed by atoms with van der Waals surface area (Å²) in [5, 5.41) is 11.1. The highest BCUT2D eigenvalue weighted by molar-refractivity contribution is 5.88. The summed E-state index contributed by atoms with van der Waals surface area (Å²) >= 11 is 0. The third kappa shape index (κ3) is 2.31. The van der Waals surface area contributed by atoms with Gasteiger partial charge in [-0.15, -0.1) is 0 Å². The predicted octanol–water partition coefficient (Wildman–Crippen LogP) is 5.28. The van der Waals surface area contributed by atoms with Crippen molar-refractivity contribution >= 4 is 16.6 Å². The van der Waals surface area contributed by atoms with Crippen molar-refractivity contribution in [3.8, 4) is 16.9 Å². The first-order chi connectivity index (χ1) is 12.7. The standard InChI is InChI=1S/C23H21N3/c1-15-7-10-21(16(2)13-15)26-23-20(11-12-24-23)22(25-26)19-9-8-17-5-3-4-6-18(17)14-19/h3-10,13-14,24H,11-12H2,1-2H3. The van der Waals surface area contributed by atoms with Crippen LogP contribution in [0, 0.1) is 13.8 Å². The maximum Gasteiger partial charge on any atom is 0.133 e. The Morgan fingerprint density at radius 1 is 0.923 bits per heavy atom. The number of nitrogens with zero attached hydrogens (tertiary/aromatic N) is 2. The molecule has 3 aromatic carbocycles. The van der Waals surface area contributed by atoms with Crippen LogP contribution < -0.4 is 5.32 Å². The molecule has 0 radical (unpaired) electrons. The lowest BCUT2D eigenvalue weighted by Gasteiger charge is -2.10. The van der Waals surface area contributed by atoms with Gasteiger partial charge in [-0.05, 0) is 48.7 Å². The molecule has 3 nitrogen and oxygen atoms in total. The summed E-state index contributed by atoms with van der Waals surface area (Å²) in [6, 6.07) is 21.7. The fraction of sp³-hybridized carbons (Fsp3) is 0.174. The normalized spacial score (nSPS) is 13.0. The van der Waals surface area contributed by atoms with Gasteiger partial charge in [-0.3, -0.25) is 0 Å². The molecule has 0 amide bonds. The van der Waals surface area contributed by atoms with E-state index in [2.05, 4.69) is 84.5 Å². The number of aryl methyl sites for hydroxylation is 2. The molecule has 1 N–H and O–H groups in total. The van der Waals surface area contributed by atoms with Gasteiger partial charge in [-0.2, -0.15) is 5.10 Å². The van der Waals surface area contributed by atoms with Gasteiger partial charge in [0.1, 0.15) is 5.82 Å². The van der Waals surface area contributed by atoms with Crippen LogP contribution in [0.2, 0.25) is 0 Å². The Bertz CT molecular complexity index is 1140. The maximum atomic E-state index is 5.02. The van der Waals surface area contributed by atoms with Crippen molar-refractivity contribution in [3.05, 3.63) is 77.4 Å². The van der Waals surface area contributed by atoms with Crippen LogP contribution >= 0.6 is 0 Å². The Morgan fingerprint density at radius 2 is 1.77 bits per heavy atom. The molecule has 3 heteroatoms. The highest BCUT2D eigenvalue weighted by atomic mass is 15.3. The van der Waals surface area contributed by atoms with Gasteiger partial charge in [0.15, 0.2) is 0 Å². The molecule has 0 atom stereocenters. The van der Waals surface area contributed by atoms with Gasteiger partial charge in [0, 0.05) is 17.7 Å². The van der Waals surface area contributed by atoms with Crippen molar-refractivity contribution in [3.63, 3.8) is 0 Å². The summed E-state index contributed by atoms with van der Waals surface area (Å²) in [6.07, 6.45) is 1.02. The van der Waals surface area contributed by atoms with Crippen LogP contribution in [0.3, 0.4) is 0 Å². The first-order valence-electron chi connectivity index (χ1n) is 9.13. The van der Waals surface area contributed by atoms with Crippen molar-refractivity contribution in [2.75, 3.05) is 11.9 Å². The van der Waals surface area contributed by atoms with E-state index in [1.54, 1.807) is 0 Å². The average Bonchev–Trinajstić information content (AvgIpc) is 3.24. The second kappa shape index (κ2) is 5.73. The largest absolute Gasteiger partial charge is 0.369 e. The molecule has 1 aliphatic heterocycles. The Morgan fingerprint density at radius 3 is 2.62 bits per heavy atom. The number of hydrogen-bond donors (Lipinski definition) is 1. The zero-order valence-electron chi connectivity index (χ0n) is 15.1. The van der Waals surface area contributed by atoms with E-state index in [-0.39, 0.29) is 0 Å². The molecule has 128 valence electrons. The van der Waals surface area contributed by atoms with E-state index in [1.165, 1.54) is 33.0 Å². The van der Waals surface area contributed by atoms with Crippen LogP contribution in [0.1, 0.15) is 16.7 Å². The van der Waals surface area contributed by atoms with Gasteiger partial charge in [0.05, 0.1) is 11.4 Å². The molecular formula is C23H21N3. The average molecular weight is 339 g/mol. The van der Waals surface area contributed by atoms with Crippen molar-refractivity contribution < 1.29 is 0 Å². The fourth-order valence-corrected chi connectivity index (χ4v) is 3.96. The smallest absolute Gasteiger partial charge is 0.133 e. The molecular weight excluding hydrogens is 318 g/mol. The maximum absolute atomic E-state index is 5.02. The first-order valence-corrected chi connectivity index (χ1v) is 9.13. The molecule has 0 spiro atoms. The predicted molar refractivity (Wildman–Crippen MR) is 108 cm³/mol. The van der Waals surface area contributed by atoms with E-state index in [1.807, 2.05) is 0 Å². The number of aromatic nitrogens is 2. The number of anilines is 1. The molecule has 5 rings (SSSR count). The van der Waals surface area contributed by atoms with Crippen molar-refractivity contribution in [1.29, 1.82) is 0 Å². The Labute approximate surface area is 153 Å². The highest BCUT2D eigenvalue weighted by Gasteiger charge is 2.24. The van der Waals surface area contributed by atoms with E-state index < -0.39 is 0 Å². The first kappa shape index (κ1) is 15.2. The Balaban J connectivity index is 1.70. The Kier molecular flexibility index (Phi) is 3.35. The minimum absolute atomic E-state index is 0.971. The minimum atomic E-state index is 0.971. The summed E-state index contributed by atoms with van der Waals surface area (Å²) in [4.78, 5) is 0. The molecule has 2 heterocycles. The second-order valence-electron chi connectivity index (χ2n) is 7.12. The van der Waals surface area contributed by atoms with Crippen LogP contribution in [-0.4, -0.2) is 16.3 Å². The Hall–Kier alpha value is -3.07. The SMILES string of the molecule is Cc1ccc(-n2nc(-c3ccc4ccccc4c3)c3c2NCC3)c(C)c1. The topological polar surface area (TPSA) is 29.9 Å². The summed E-state index contributed by atoms with van der Waals surface area (Å²) in [5.74, 6) is 1.14. The van der Waals surface area contributed by atoms with Crippen LogP contribution in [0.25, 0.3) is 27.7 Å². The molecule has 1 aliphatic rings. The van der Waals surface area contributed by atoms with E-state index in [9.17, 15) is 0 Å². The van der Waals surface area contributed by atoms with Gasteiger partial charge in [0.25, 0.3) is 0 Å². The highest BCUT2D eigenvalue weighted by Crippen LogP contribution is 2.36. The molecule has 26 heavy (non-hydrogen) atoms. The summed E-state index contributed by atoms with van der Waals surface area (Å²) in [5.41, 5.74) is 7.27. The van der Waals surface area contributed by atoms with Crippen LogP contribution in [0.15, 0.2) is 60.7 Å². The summed E-state index contributed by atoms with van der Waals surface area (Å²) in [6.45, 7) is 5.25. The molecule has 0 saturated carbocycles. The zero-order chi connectivity index (χ0) is 17.7. The number of fused-ring (bicyclic) bond motifs is 2. The summed E-state index contributed by atoms with van der Waals surface area (Å²) in [7, 11) is 0. The van der Waals surface area contributed by atoms with E-state index >= 15 is 0 Å². The van der Waals surface area contributed by atoms with Crippen molar-refractivity contribution in [1.82, 2.24) is 9.78 Å². The van der Waals surface area contributed by atoms with Gasteiger partial charge < -0.3 is 5.32 Å². The third-order valence-corrected chi connectivity index (χ3v) is 5.25. The third-order valence-electron chi connectivity index (χ3n) is 5.25. The second-order valence-corrected chi connectivity index (χ2v) is 7.12. The molecule has 4 aromatic rings. The molecule has 0 fully saturated rings. The molecule has 0 aliphatic carbocycles. The quantitative estimate of drug-likeness (QED) is 0.539. The fourth-order valence-electron chi connectivity index (χ4n) is 3.96. The lowest BCUT2D eigenvalue weighted by Crippen LogP contribution is -2.05. The van der Waals surface area contributed by atoms with Gasteiger partial charge in [0.2, 0.25) is 0 Å². The van der Waals surface area contributed by atoms with Gasteiger partial charge >= 0.3 is 0 Å². The van der Waals surface area contributed by atoms with Crippen LogP contribution in [0.4, 0.5) is 5.82 Å². The van der Waals surface area contributed by atoms with E-state index in [4.69, 9.17) is 5.10 Å². The van der Waals surface area contributed by atoms with E-state index in [0.29, 0.717) is 0 Å². The lowest BCUT2D eigenvalue weighted by molar-refractivity contribution is 0.874. The number of rotatable bonds is 2.